The quantitative estimate of drug-likeness (QED) is 0.427. The fraction of sp³-hybridized carbons (Fsp3) is 0.714. The van der Waals surface area contributed by atoms with Crippen molar-refractivity contribution in [3.63, 3.8) is 0 Å². The van der Waals surface area contributed by atoms with Crippen LogP contribution in [0.15, 0.2) is 11.8 Å². The van der Waals surface area contributed by atoms with E-state index in [1.165, 1.54) is 7.11 Å². The van der Waals surface area contributed by atoms with E-state index in [1.807, 2.05) is 0 Å². The Morgan fingerprint density at radius 1 is 1.37 bits per heavy atom. The highest BCUT2D eigenvalue weighted by molar-refractivity contribution is 6.86. The highest BCUT2D eigenvalue weighted by Crippen LogP contribution is 2.38. The van der Waals surface area contributed by atoms with Gasteiger partial charge < -0.3 is 9.47 Å². The number of esters is 2. The van der Waals surface area contributed by atoms with E-state index in [1.54, 1.807) is 0 Å². The summed E-state index contributed by atoms with van der Waals surface area (Å²) in [5, 5.41) is 1.08. The van der Waals surface area contributed by atoms with Crippen LogP contribution in [-0.4, -0.2) is 33.7 Å². The first-order valence-electron chi connectivity index (χ1n) is 6.91. The number of hydrogen-bond donors (Lipinski definition) is 0. The molecule has 4 nitrogen and oxygen atoms in total. The zero-order chi connectivity index (χ0) is 14.6. The van der Waals surface area contributed by atoms with Gasteiger partial charge in [-0.2, -0.15) is 0 Å². The molecule has 0 aromatic rings. The van der Waals surface area contributed by atoms with Gasteiger partial charge in [0.25, 0.3) is 0 Å². The molecule has 1 rings (SSSR count). The fourth-order valence-electron chi connectivity index (χ4n) is 3.04. The lowest BCUT2D eigenvalue weighted by Gasteiger charge is -2.34. The third-order valence-electron chi connectivity index (χ3n) is 4.68. The average Bonchev–Trinajstić information content (AvgIpc) is 2.82. The lowest BCUT2D eigenvalue weighted by Crippen LogP contribution is -2.41. The van der Waals surface area contributed by atoms with Gasteiger partial charge in [0.1, 0.15) is 0 Å². The molecule has 0 saturated carbocycles. The number of ether oxygens (including phenoxy) is 2. The Bertz CT molecular complexity index is 365. The van der Waals surface area contributed by atoms with E-state index in [0.717, 1.165) is 23.3 Å². The van der Waals surface area contributed by atoms with Crippen molar-refractivity contribution in [3.8, 4) is 0 Å². The third-order valence-corrected chi connectivity index (χ3v) is 10.5. The molecule has 19 heavy (non-hydrogen) atoms. The molecule has 1 aliphatic heterocycles. The monoisotopic (exact) mass is 284 g/mol. The summed E-state index contributed by atoms with van der Waals surface area (Å²) in [5.74, 6) is -1.98. The molecule has 0 aromatic heterocycles. The minimum atomic E-state index is -1.65. The summed E-state index contributed by atoms with van der Waals surface area (Å²) < 4.78 is 9.81. The maximum atomic E-state index is 11.8. The average molecular weight is 284 g/mol. The van der Waals surface area contributed by atoms with Gasteiger partial charge in [-0.05, 0) is 0 Å². The van der Waals surface area contributed by atoms with Crippen LogP contribution in [0.1, 0.15) is 20.8 Å². The molecule has 0 aliphatic carbocycles. The number of carbonyl (C=O) groups excluding carboxylic acids is 2. The molecule has 1 aliphatic rings. The van der Waals surface area contributed by atoms with E-state index in [4.69, 9.17) is 9.47 Å². The molecule has 0 aromatic carbocycles. The van der Waals surface area contributed by atoms with Gasteiger partial charge in [0.15, 0.2) is 5.92 Å². The van der Waals surface area contributed by atoms with E-state index in [9.17, 15) is 9.59 Å². The van der Waals surface area contributed by atoms with Crippen molar-refractivity contribution < 1.29 is 19.1 Å². The Morgan fingerprint density at radius 2 is 1.89 bits per heavy atom. The van der Waals surface area contributed by atoms with Gasteiger partial charge in [-0.1, -0.05) is 44.1 Å². The smallest absolute Gasteiger partial charge is 0.321 e. The van der Waals surface area contributed by atoms with Crippen molar-refractivity contribution in [3.05, 3.63) is 11.8 Å². The summed E-state index contributed by atoms with van der Waals surface area (Å²) >= 11 is 0. The Morgan fingerprint density at radius 3 is 2.32 bits per heavy atom. The summed E-state index contributed by atoms with van der Waals surface area (Å²) in [6.45, 7) is 11.0. The van der Waals surface area contributed by atoms with Crippen LogP contribution in [0.2, 0.25) is 18.1 Å². The van der Waals surface area contributed by atoms with E-state index in [0.29, 0.717) is 0 Å². The van der Waals surface area contributed by atoms with Gasteiger partial charge in [-0.3, -0.25) is 9.59 Å². The van der Waals surface area contributed by atoms with Gasteiger partial charge in [0.2, 0.25) is 0 Å². The van der Waals surface area contributed by atoms with Gasteiger partial charge in [-0.15, -0.1) is 6.58 Å². The lowest BCUT2D eigenvalue weighted by molar-refractivity contribution is -0.154. The topological polar surface area (TPSA) is 52.6 Å². The van der Waals surface area contributed by atoms with Crippen LogP contribution in [0.4, 0.5) is 0 Å². The first-order valence-corrected chi connectivity index (χ1v) is 9.53. The molecule has 1 saturated heterocycles. The largest absolute Gasteiger partial charge is 0.468 e. The van der Waals surface area contributed by atoms with Crippen LogP contribution in [-0.2, 0) is 19.1 Å². The molecule has 108 valence electrons. The molecule has 2 atom stereocenters. The number of rotatable bonds is 6. The molecule has 0 spiro atoms. The Labute approximate surface area is 116 Å². The highest BCUT2D eigenvalue weighted by Gasteiger charge is 2.48. The minimum absolute atomic E-state index is 0.202. The zero-order valence-electron chi connectivity index (χ0n) is 12.3. The first-order chi connectivity index (χ1) is 8.97. The summed E-state index contributed by atoms with van der Waals surface area (Å²) in [6.07, 6.45) is 0. The number of hydrogen-bond acceptors (Lipinski definition) is 4. The maximum absolute atomic E-state index is 11.8. The molecule has 0 N–H and O–H groups in total. The predicted molar refractivity (Wildman–Crippen MR) is 76.3 cm³/mol. The molecule has 0 bridgehead atoms. The molecule has 1 fully saturated rings. The molecular weight excluding hydrogens is 260 g/mol. The van der Waals surface area contributed by atoms with Gasteiger partial charge in [-0.25, -0.2) is 0 Å². The summed E-state index contributed by atoms with van der Waals surface area (Å²) in [5.41, 5.74) is 0. The van der Waals surface area contributed by atoms with Gasteiger partial charge in [0, 0.05) is 5.92 Å². The Balaban J connectivity index is 3.04. The van der Waals surface area contributed by atoms with E-state index in [-0.39, 0.29) is 12.5 Å². The second-order valence-electron chi connectivity index (χ2n) is 5.10. The standard InChI is InChI=1S/C14H24O4Si/c1-6-19(7-2,8-3)10(4)11-9-18-14(16)12(11)13(15)17-5/h11-12H,4,6-9H2,1-3,5H3/t11-,12+/m0/s1. The van der Waals surface area contributed by atoms with Crippen LogP contribution in [0.25, 0.3) is 0 Å². The number of carbonyl (C=O) groups is 2. The second-order valence-corrected chi connectivity index (χ2v) is 10.4. The SMILES string of the molecule is C=C([C@@H]1COC(=O)[C@H]1C(=O)OC)[Si](CC)(CC)CC. The van der Waals surface area contributed by atoms with Crippen LogP contribution >= 0.6 is 0 Å². The van der Waals surface area contributed by atoms with Crippen LogP contribution in [0.3, 0.4) is 0 Å². The molecule has 1 heterocycles. The highest BCUT2D eigenvalue weighted by atomic mass is 28.3. The number of methoxy groups -OCH3 is 1. The Hall–Kier alpha value is -1.10. The van der Waals surface area contributed by atoms with Crippen molar-refractivity contribution in [1.82, 2.24) is 0 Å². The van der Waals surface area contributed by atoms with E-state index >= 15 is 0 Å². The van der Waals surface area contributed by atoms with E-state index in [2.05, 4.69) is 27.4 Å². The summed E-state index contributed by atoms with van der Waals surface area (Å²) in [7, 11) is -0.347. The minimum Gasteiger partial charge on any atom is -0.468 e. The third kappa shape index (κ3) is 2.75. The van der Waals surface area contributed by atoms with Crippen LogP contribution < -0.4 is 0 Å². The molecule has 0 unspecified atom stereocenters. The fourth-order valence-corrected chi connectivity index (χ4v) is 6.93. The van der Waals surface area contributed by atoms with Crippen molar-refractivity contribution in [2.75, 3.05) is 13.7 Å². The lowest BCUT2D eigenvalue weighted by atomic mass is 9.95. The molecule has 5 heteroatoms. The van der Waals surface area contributed by atoms with Crippen LogP contribution in [0.5, 0.6) is 0 Å². The second kappa shape index (κ2) is 6.37. The van der Waals surface area contributed by atoms with Crippen molar-refractivity contribution >= 4 is 20.0 Å². The van der Waals surface area contributed by atoms with Gasteiger partial charge >= 0.3 is 11.9 Å². The van der Waals surface area contributed by atoms with Crippen molar-refractivity contribution in [2.45, 2.75) is 38.9 Å². The van der Waals surface area contributed by atoms with Crippen molar-refractivity contribution in [1.29, 1.82) is 0 Å². The maximum Gasteiger partial charge on any atom is 0.321 e. The molecule has 0 amide bonds. The molecule has 0 radical (unpaired) electrons. The summed E-state index contributed by atoms with van der Waals surface area (Å²) in [6, 6.07) is 3.24. The van der Waals surface area contributed by atoms with Crippen molar-refractivity contribution in [2.24, 2.45) is 11.8 Å². The zero-order valence-corrected chi connectivity index (χ0v) is 13.3. The predicted octanol–water partition coefficient (Wildman–Crippen LogP) is 2.55. The van der Waals surface area contributed by atoms with Crippen LogP contribution in [0, 0.1) is 11.8 Å². The Kier molecular flexibility index (Phi) is 5.35. The number of cyclic esters (lactones) is 1. The van der Waals surface area contributed by atoms with E-state index < -0.39 is 25.9 Å². The first kappa shape index (κ1) is 16.0. The summed E-state index contributed by atoms with van der Waals surface area (Å²) in [4.78, 5) is 23.5. The normalized spacial score (nSPS) is 23.1. The van der Waals surface area contributed by atoms with Gasteiger partial charge in [0.05, 0.1) is 21.8 Å². The molecular formula is C14H24O4Si.